The zero-order valence-corrected chi connectivity index (χ0v) is 18.3. The molecule has 0 saturated heterocycles. The van der Waals surface area contributed by atoms with E-state index in [0.717, 1.165) is 9.79 Å². The fourth-order valence-electron chi connectivity index (χ4n) is 3.19. The first-order chi connectivity index (χ1) is 16.0. The van der Waals surface area contributed by atoms with Gasteiger partial charge in [-0.1, -0.05) is 72.4 Å². The van der Waals surface area contributed by atoms with E-state index >= 15 is 0 Å². The molecule has 0 amide bonds. The van der Waals surface area contributed by atoms with Crippen molar-refractivity contribution in [2.75, 3.05) is 0 Å². The van der Waals surface area contributed by atoms with Crippen molar-refractivity contribution in [3.63, 3.8) is 0 Å². The number of carbonyl (C=O) groups is 4. The van der Waals surface area contributed by atoms with Gasteiger partial charge in [-0.05, 0) is 48.5 Å². The minimum absolute atomic E-state index is 0.327. The van der Waals surface area contributed by atoms with Crippen molar-refractivity contribution in [2.24, 2.45) is 0 Å². The van der Waals surface area contributed by atoms with Gasteiger partial charge in [0, 0.05) is 32.0 Å². The number of carbonyl (C=O) groups excluding carboxylic acids is 4. The quantitative estimate of drug-likeness (QED) is 0.244. The molecule has 0 heterocycles. The molecule has 4 rings (SSSR count). The fraction of sp³-hybridized carbons (Fsp3) is 0. The van der Waals surface area contributed by atoms with Crippen molar-refractivity contribution < 1.29 is 19.2 Å². The molecule has 0 saturated carbocycles. The lowest BCUT2D eigenvalue weighted by Crippen LogP contribution is -2.14. The molecule has 0 unspecified atom stereocenters. The molecule has 4 aromatic rings. The highest BCUT2D eigenvalue weighted by atomic mass is 32.2. The fourth-order valence-corrected chi connectivity index (χ4v) is 4.00. The lowest BCUT2D eigenvalue weighted by atomic mass is 10.0. The molecule has 0 aromatic heterocycles. The first kappa shape index (κ1) is 22.1. The Kier molecular flexibility index (Phi) is 6.72. The lowest BCUT2D eigenvalue weighted by molar-refractivity contribution is 0.0817. The van der Waals surface area contributed by atoms with Crippen molar-refractivity contribution >= 4 is 34.9 Å². The van der Waals surface area contributed by atoms with Crippen molar-refractivity contribution in [3.8, 4) is 0 Å². The van der Waals surface area contributed by atoms with Gasteiger partial charge in [0.2, 0.25) is 23.1 Å². The largest absolute Gasteiger partial charge is 0.285 e. The molecule has 0 fully saturated rings. The molecule has 0 aliphatic carbocycles. The Morgan fingerprint density at radius 3 is 0.939 bits per heavy atom. The third-order valence-electron chi connectivity index (χ3n) is 4.95. The van der Waals surface area contributed by atoms with Crippen LogP contribution < -0.4 is 0 Å². The number of benzene rings is 4. The van der Waals surface area contributed by atoms with Gasteiger partial charge in [-0.2, -0.15) is 0 Å². The van der Waals surface area contributed by atoms with E-state index in [-0.39, 0.29) is 0 Å². The molecular formula is C28H18O4S. The minimum atomic E-state index is -0.552. The first-order valence-electron chi connectivity index (χ1n) is 10.2. The summed E-state index contributed by atoms with van der Waals surface area (Å²) in [6, 6.07) is 30.5. The van der Waals surface area contributed by atoms with E-state index in [1.807, 2.05) is 0 Å². The van der Waals surface area contributed by atoms with Gasteiger partial charge >= 0.3 is 0 Å². The van der Waals surface area contributed by atoms with Crippen LogP contribution in [0.15, 0.2) is 119 Å². The second-order valence-electron chi connectivity index (χ2n) is 7.20. The van der Waals surface area contributed by atoms with Crippen LogP contribution in [0.2, 0.25) is 0 Å². The van der Waals surface area contributed by atoms with Gasteiger partial charge in [0.1, 0.15) is 0 Å². The summed E-state index contributed by atoms with van der Waals surface area (Å²) < 4.78 is 0. The third-order valence-corrected chi connectivity index (χ3v) is 5.97. The Balaban J connectivity index is 1.41. The predicted molar refractivity (Wildman–Crippen MR) is 127 cm³/mol. The zero-order valence-electron chi connectivity index (χ0n) is 17.4. The van der Waals surface area contributed by atoms with E-state index in [1.165, 1.54) is 11.8 Å². The highest BCUT2D eigenvalue weighted by molar-refractivity contribution is 7.99. The summed E-state index contributed by atoms with van der Waals surface area (Å²) in [6.07, 6.45) is 0. The van der Waals surface area contributed by atoms with Crippen LogP contribution in [0.4, 0.5) is 0 Å². The summed E-state index contributed by atoms with van der Waals surface area (Å²) in [7, 11) is 0. The van der Waals surface area contributed by atoms with Gasteiger partial charge in [-0.25, -0.2) is 0 Å². The SMILES string of the molecule is O=C(C(=O)c1ccc(Sc2ccc(C(=O)C(=O)c3ccccc3)cc2)cc1)c1ccccc1. The molecule has 0 aliphatic rings. The van der Waals surface area contributed by atoms with Gasteiger partial charge in [0.05, 0.1) is 0 Å². The number of Topliss-reactive ketones (excluding diaryl/α,β-unsaturated/α-hetero) is 4. The Labute approximate surface area is 195 Å². The van der Waals surface area contributed by atoms with Crippen molar-refractivity contribution in [3.05, 3.63) is 131 Å². The van der Waals surface area contributed by atoms with Crippen LogP contribution >= 0.6 is 11.8 Å². The summed E-state index contributed by atoms with van der Waals surface area (Å²) in [5.74, 6) is -2.19. The van der Waals surface area contributed by atoms with Crippen LogP contribution in [0, 0.1) is 0 Å². The maximum absolute atomic E-state index is 12.5. The molecule has 0 bridgehead atoms. The smallest absolute Gasteiger partial charge is 0.233 e. The third kappa shape index (κ3) is 5.22. The number of hydrogen-bond acceptors (Lipinski definition) is 5. The van der Waals surface area contributed by atoms with E-state index in [4.69, 9.17) is 0 Å². The summed E-state index contributed by atoms with van der Waals surface area (Å²) in [4.78, 5) is 51.3. The summed E-state index contributed by atoms with van der Waals surface area (Å²) >= 11 is 1.45. The first-order valence-corrected chi connectivity index (χ1v) is 11.0. The van der Waals surface area contributed by atoms with E-state index in [9.17, 15) is 19.2 Å². The molecule has 33 heavy (non-hydrogen) atoms. The molecule has 4 aromatic carbocycles. The molecule has 0 spiro atoms. The molecule has 5 heteroatoms. The second kappa shape index (κ2) is 10.0. The predicted octanol–water partition coefficient (Wildman–Crippen LogP) is 5.97. The molecule has 0 aliphatic heterocycles. The van der Waals surface area contributed by atoms with Gasteiger partial charge in [-0.3, -0.25) is 19.2 Å². The van der Waals surface area contributed by atoms with Crippen LogP contribution in [-0.2, 0) is 0 Å². The Bertz CT molecular complexity index is 1210. The molecule has 0 radical (unpaired) electrons. The molecule has 160 valence electrons. The van der Waals surface area contributed by atoms with E-state index in [1.54, 1.807) is 109 Å². The Morgan fingerprint density at radius 2 is 0.636 bits per heavy atom. The summed E-state index contributed by atoms with van der Waals surface area (Å²) in [5, 5.41) is 0. The maximum Gasteiger partial charge on any atom is 0.233 e. The summed E-state index contributed by atoms with van der Waals surface area (Å²) in [6.45, 7) is 0. The molecular weight excluding hydrogens is 432 g/mol. The minimum Gasteiger partial charge on any atom is -0.285 e. The van der Waals surface area contributed by atoms with Crippen LogP contribution in [0.1, 0.15) is 41.4 Å². The lowest BCUT2D eigenvalue weighted by Gasteiger charge is -2.05. The highest BCUT2D eigenvalue weighted by Gasteiger charge is 2.19. The highest BCUT2D eigenvalue weighted by Crippen LogP contribution is 2.28. The Morgan fingerprint density at radius 1 is 0.364 bits per heavy atom. The number of hydrogen-bond donors (Lipinski definition) is 0. The van der Waals surface area contributed by atoms with Crippen LogP contribution in [-0.4, -0.2) is 23.1 Å². The number of ketones is 4. The van der Waals surface area contributed by atoms with Crippen molar-refractivity contribution in [2.45, 2.75) is 9.79 Å². The molecule has 0 atom stereocenters. The molecule has 0 N–H and O–H groups in total. The maximum atomic E-state index is 12.5. The number of rotatable bonds is 8. The van der Waals surface area contributed by atoms with Crippen molar-refractivity contribution in [1.29, 1.82) is 0 Å². The Hall–Kier alpha value is -4.09. The van der Waals surface area contributed by atoms with Crippen molar-refractivity contribution in [1.82, 2.24) is 0 Å². The van der Waals surface area contributed by atoms with E-state index < -0.39 is 23.1 Å². The van der Waals surface area contributed by atoms with Crippen LogP contribution in [0.25, 0.3) is 0 Å². The standard InChI is InChI=1S/C28H18O4S/c29-25(19-7-3-1-4-8-19)27(31)21-11-15-23(16-12-21)33-24-17-13-22(14-18-24)28(32)26(30)20-9-5-2-6-10-20/h1-18H. The summed E-state index contributed by atoms with van der Waals surface area (Å²) in [5.41, 5.74) is 1.38. The van der Waals surface area contributed by atoms with Crippen LogP contribution in [0.3, 0.4) is 0 Å². The molecule has 4 nitrogen and oxygen atoms in total. The van der Waals surface area contributed by atoms with Gasteiger partial charge < -0.3 is 0 Å². The van der Waals surface area contributed by atoms with Crippen LogP contribution in [0.5, 0.6) is 0 Å². The van der Waals surface area contributed by atoms with E-state index in [2.05, 4.69) is 0 Å². The van der Waals surface area contributed by atoms with E-state index in [0.29, 0.717) is 22.3 Å². The average molecular weight is 451 g/mol. The zero-order chi connectivity index (χ0) is 23.2. The topological polar surface area (TPSA) is 68.3 Å². The average Bonchev–Trinajstić information content (AvgIpc) is 2.89. The van der Waals surface area contributed by atoms with Gasteiger partial charge in [-0.15, -0.1) is 0 Å². The second-order valence-corrected chi connectivity index (χ2v) is 8.35. The van der Waals surface area contributed by atoms with Gasteiger partial charge in [0.25, 0.3) is 0 Å². The normalized spacial score (nSPS) is 10.4. The van der Waals surface area contributed by atoms with Gasteiger partial charge in [0.15, 0.2) is 0 Å². The monoisotopic (exact) mass is 450 g/mol.